The second-order valence-electron chi connectivity index (χ2n) is 6.89. The van der Waals surface area contributed by atoms with E-state index in [0.717, 1.165) is 0 Å². The first-order valence-corrected chi connectivity index (χ1v) is 9.15. The van der Waals surface area contributed by atoms with Crippen LogP contribution in [-0.2, 0) is 19.2 Å². The molecule has 1 rings (SSSR count). The Kier molecular flexibility index (Phi) is 8.64. The molecule has 0 aromatic carbocycles. The number of nitrogens with zero attached hydrogens (tertiary/aromatic N) is 1. The van der Waals surface area contributed by atoms with Crippen LogP contribution in [0.1, 0.15) is 40.0 Å². The molecule has 5 unspecified atom stereocenters. The van der Waals surface area contributed by atoms with Gasteiger partial charge in [0.05, 0.1) is 12.6 Å². The first-order valence-electron chi connectivity index (χ1n) is 9.15. The maximum Gasteiger partial charge on any atom is 0.328 e. The van der Waals surface area contributed by atoms with Crippen LogP contribution in [0.3, 0.4) is 0 Å². The third-order valence-corrected chi connectivity index (χ3v) is 4.89. The van der Waals surface area contributed by atoms with Crippen LogP contribution in [0.25, 0.3) is 0 Å². The lowest BCUT2D eigenvalue weighted by molar-refractivity contribution is -0.145. The monoisotopic (exact) mass is 386 g/mol. The van der Waals surface area contributed by atoms with Crippen molar-refractivity contribution in [1.29, 1.82) is 0 Å². The molecule has 10 nitrogen and oxygen atoms in total. The van der Waals surface area contributed by atoms with E-state index in [4.69, 9.17) is 10.8 Å². The van der Waals surface area contributed by atoms with Crippen LogP contribution >= 0.6 is 0 Å². The Labute approximate surface area is 158 Å². The lowest BCUT2D eigenvalue weighted by Crippen LogP contribution is -2.59. The fourth-order valence-corrected chi connectivity index (χ4v) is 3.04. The maximum atomic E-state index is 12.7. The lowest BCUT2D eigenvalue weighted by atomic mass is 9.97. The third kappa shape index (κ3) is 5.90. The molecule has 0 radical (unpaired) electrons. The predicted octanol–water partition coefficient (Wildman–Crippen LogP) is -1.58. The molecule has 0 spiro atoms. The summed E-state index contributed by atoms with van der Waals surface area (Å²) >= 11 is 0. The lowest BCUT2D eigenvalue weighted by Gasteiger charge is -2.29. The highest BCUT2D eigenvalue weighted by molar-refractivity contribution is 5.94. The quantitative estimate of drug-likeness (QED) is 0.319. The van der Waals surface area contributed by atoms with E-state index in [2.05, 4.69) is 10.6 Å². The van der Waals surface area contributed by atoms with E-state index in [1.54, 1.807) is 6.92 Å². The molecule has 10 heteroatoms. The number of nitrogens with two attached hydrogens (primary N) is 1. The van der Waals surface area contributed by atoms with Crippen molar-refractivity contribution in [3.8, 4) is 0 Å². The number of carbonyl (C=O) groups excluding carboxylic acids is 3. The number of carboxylic acid groups (broad SMARTS) is 1. The summed E-state index contributed by atoms with van der Waals surface area (Å²) in [7, 11) is 0. The SMILES string of the molecule is CCC(C)C(NC(=O)C1CCCN1C(=O)CN)C(=O)NC(C(=O)O)C(C)O. The molecule has 3 amide bonds. The summed E-state index contributed by atoms with van der Waals surface area (Å²) in [5, 5.41) is 23.6. The van der Waals surface area contributed by atoms with Gasteiger partial charge in [-0.3, -0.25) is 14.4 Å². The van der Waals surface area contributed by atoms with E-state index in [1.807, 2.05) is 6.92 Å². The maximum absolute atomic E-state index is 12.7. The van der Waals surface area contributed by atoms with Gasteiger partial charge in [-0.15, -0.1) is 0 Å². The van der Waals surface area contributed by atoms with Gasteiger partial charge in [0.2, 0.25) is 17.7 Å². The van der Waals surface area contributed by atoms with Crippen molar-refractivity contribution in [1.82, 2.24) is 15.5 Å². The molecule has 154 valence electrons. The Morgan fingerprint density at radius 1 is 1.19 bits per heavy atom. The Balaban J connectivity index is 2.91. The fraction of sp³-hybridized carbons (Fsp3) is 0.765. The van der Waals surface area contributed by atoms with Crippen LogP contribution in [0.2, 0.25) is 0 Å². The van der Waals surface area contributed by atoms with E-state index < -0.39 is 42.0 Å². The molecule has 6 N–H and O–H groups in total. The van der Waals surface area contributed by atoms with Crippen molar-refractivity contribution in [2.24, 2.45) is 11.7 Å². The number of hydrogen-bond acceptors (Lipinski definition) is 6. The van der Waals surface area contributed by atoms with Crippen molar-refractivity contribution < 1.29 is 29.4 Å². The number of hydrogen-bond donors (Lipinski definition) is 5. The van der Waals surface area contributed by atoms with Gasteiger partial charge in [0.25, 0.3) is 0 Å². The van der Waals surface area contributed by atoms with E-state index in [1.165, 1.54) is 11.8 Å². The Bertz CT molecular complexity index is 568. The first-order chi connectivity index (χ1) is 12.6. The van der Waals surface area contributed by atoms with Crippen LogP contribution < -0.4 is 16.4 Å². The average molecular weight is 386 g/mol. The molecule has 1 fully saturated rings. The molecule has 0 aliphatic carbocycles. The highest BCUT2D eigenvalue weighted by Crippen LogP contribution is 2.18. The van der Waals surface area contributed by atoms with Gasteiger partial charge in [0.1, 0.15) is 12.1 Å². The first kappa shape index (κ1) is 22.8. The second kappa shape index (κ2) is 10.2. The zero-order valence-electron chi connectivity index (χ0n) is 16.0. The number of aliphatic hydroxyl groups excluding tert-OH is 1. The van der Waals surface area contributed by atoms with Gasteiger partial charge in [-0.1, -0.05) is 20.3 Å². The molecule has 1 heterocycles. The van der Waals surface area contributed by atoms with Gasteiger partial charge < -0.3 is 31.5 Å². The van der Waals surface area contributed by atoms with Gasteiger partial charge >= 0.3 is 5.97 Å². The second-order valence-corrected chi connectivity index (χ2v) is 6.89. The number of amides is 3. The average Bonchev–Trinajstić information content (AvgIpc) is 3.11. The Morgan fingerprint density at radius 3 is 2.30 bits per heavy atom. The van der Waals surface area contributed by atoms with Crippen molar-refractivity contribution >= 4 is 23.7 Å². The van der Waals surface area contributed by atoms with Crippen molar-refractivity contribution in [2.75, 3.05) is 13.1 Å². The standard InChI is InChI=1S/C17H30N4O6/c1-4-9(2)13(16(25)20-14(10(3)22)17(26)27)19-15(24)11-6-5-7-21(11)12(23)8-18/h9-11,13-14,22H,4-8,18H2,1-3H3,(H,19,24)(H,20,25)(H,26,27). The van der Waals surface area contributed by atoms with E-state index in [9.17, 15) is 24.3 Å². The zero-order valence-corrected chi connectivity index (χ0v) is 16.0. The van der Waals surface area contributed by atoms with Crippen molar-refractivity contribution in [3.05, 3.63) is 0 Å². The highest BCUT2D eigenvalue weighted by Gasteiger charge is 2.37. The summed E-state index contributed by atoms with van der Waals surface area (Å²) in [6, 6.07) is -3.17. The smallest absolute Gasteiger partial charge is 0.328 e. The number of aliphatic carboxylic acids is 1. The molecule has 27 heavy (non-hydrogen) atoms. The Hall–Kier alpha value is -2.20. The summed E-state index contributed by atoms with van der Waals surface area (Å²) in [6.07, 6.45) is 0.388. The number of nitrogens with one attached hydrogen (secondary N) is 2. The highest BCUT2D eigenvalue weighted by atomic mass is 16.4. The molecule has 0 bridgehead atoms. The summed E-state index contributed by atoms with van der Waals surface area (Å²) in [5.74, 6) is -3.16. The molecular formula is C17H30N4O6. The minimum absolute atomic E-state index is 0.201. The molecule has 5 atom stereocenters. The molecule has 1 aliphatic rings. The Morgan fingerprint density at radius 2 is 1.81 bits per heavy atom. The molecule has 1 aliphatic heterocycles. The van der Waals surface area contributed by atoms with Crippen LogP contribution in [0.15, 0.2) is 0 Å². The number of carbonyl (C=O) groups is 4. The molecule has 1 saturated heterocycles. The van der Waals surface area contributed by atoms with Gasteiger partial charge in [-0.05, 0) is 25.7 Å². The van der Waals surface area contributed by atoms with E-state index in [0.29, 0.717) is 25.8 Å². The van der Waals surface area contributed by atoms with Crippen molar-refractivity contribution in [3.63, 3.8) is 0 Å². The molecule has 0 aromatic heterocycles. The summed E-state index contributed by atoms with van der Waals surface area (Å²) in [6.45, 7) is 5.07. The minimum atomic E-state index is -1.48. The largest absolute Gasteiger partial charge is 0.480 e. The van der Waals surface area contributed by atoms with Crippen LogP contribution in [0.4, 0.5) is 0 Å². The van der Waals surface area contributed by atoms with Gasteiger partial charge in [0.15, 0.2) is 6.04 Å². The van der Waals surface area contributed by atoms with E-state index >= 15 is 0 Å². The predicted molar refractivity (Wildman–Crippen MR) is 96.4 cm³/mol. The topological polar surface area (TPSA) is 162 Å². The number of rotatable bonds is 9. The van der Waals surface area contributed by atoms with Gasteiger partial charge in [0, 0.05) is 6.54 Å². The minimum Gasteiger partial charge on any atom is -0.480 e. The molecular weight excluding hydrogens is 356 g/mol. The molecule has 0 aromatic rings. The number of aliphatic hydroxyl groups is 1. The zero-order chi connectivity index (χ0) is 20.7. The van der Waals surface area contributed by atoms with Gasteiger partial charge in [-0.2, -0.15) is 0 Å². The van der Waals surface area contributed by atoms with E-state index in [-0.39, 0.29) is 18.4 Å². The third-order valence-electron chi connectivity index (χ3n) is 4.89. The van der Waals surface area contributed by atoms with Crippen molar-refractivity contribution in [2.45, 2.75) is 64.3 Å². The summed E-state index contributed by atoms with van der Waals surface area (Å²) in [4.78, 5) is 49.7. The fourth-order valence-electron chi connectivity index (χ4n) is 3.04. The number of carboxylic acids is 1. The molecule has 0 saturated carbocycles. The van der Waals surface area contributed by atoms with Crippen LogP contribution in [0, 0.1) is 5.92 Å². The number of likely N-dealkylation sites (tertiary alicyclic amines) is 1. The van der Waals surface area contributed by atoms with Crippen LogP contribution in [0.5, 0.6) is 0 Å². The summed E-state index contributed by atoms with van der Waals surface area (Å²) < 4.78 is 0. The van der Waals surface area contributed by atoms with Gasteiger partial charge in [-0.25, -0.2) is 4.79 Å². The normalized spacial score (nSPS) is 21.1. The summed E-state index contributed by atoms with van der Waals surface area (Å²) in [5.41, 5.74) is 5.38. The van der Waals surface area contributed by atoms with Crippen LogP contribution in [-0.4, -0.2) is 76.1 Å².